The minimum atomic E-state index is -0.766. The predicted octanol–water partition coefficient (Wildman–Crippen LogP) is 0.290. The molecule has 0 aliphatic rings. The Balaban J connectivity index is 3.57. The summed E-state index contributed by atoms with van der Waals surface area (Å²) in [6.45, 7) is 3.16. The summed E-state index contributed by atoms with van der Waals surface area (Å²) in [5, 5.41) is 13.7. The highest BCUT2D eigenvalue weighted by atomic mass is 32.2. The first kappa shape index (κ1) is 19.7. The molecule has 2 atom stereocenters. The van der Waals surface area contributed by atoms with Gasteiger partial charge in [0, 0.05) is 6.42 Å². The molecule has 0 aromatic rings. The third kappa shape index (κ3) is 11.1. The van der Waals surface area contributed by atoms with E-state index in [2.05, 4.69) is 10.6 Å². The van der Waals surface area contributed by atoms with Crippen LogP contribution in [0.2, 0.25) is 0 Å². The molecule has 21 heavy (non-hydrogen) atoms. The Morgan fingerprint density at radius 2 is 1.81 bits per heavy atom. The van der Waals surface area contributed by atoms with Gasteiger partial charge in [0.1, 0.15) is 6.04 Å². The minimum Gasteiger partial charge on any atom is -0.481 e. The zero-order valence-corrected chi connectivity index (χ0v) is 13.4. The molecule has 5 N–H and O–H groups in total. The molecule has 0 unspecified atom stereocenters. The summed E-state index contributed by atoms with van der Waals surface area (Å²) in [7, 11) is 0. The highest BCUT2D eigenvalue weighted by Gasteiger charge is 2.16. The van der Waals surface area contributed by atoms with E-state index in [9.17, 15) is 14.4 Å². The predicted molar refractivity (Wildman–Crippen MR) is 82.8 cm³/mol. The number of unbranched alkanes of at least 4 members (excludes halogenated alkanes) is 2. The summed E-state index contributed by atoms with van der Waals surface area (Å²) in [4.78, 5) is 33.3. The van der Waals surface area contributed by atoms with Gasteiger partial charge in [-0.05, 0) is 32.4 Å². The fraction of sp³-hybridized carbons (Fsp3) is 0.769. The van der Waals surface area contributed by atoms with Crippen molar-refractivity contribution in [1.82, 2.24) is 10.6 Å². The van der Waals surface area contributed by atoms with Crippen LogP contribution in [0.3, 0.4) is 0 Å². The summed E-state index contributed by atoms with van der Waals surface area (Å²) < 4.78 is 0. The lowest BCUT2D eigenvalue weighted by atomic mass is 10.2. The van der Waals surface area contributed by atoms with Crippen molar-refractivity contribution in [1.29, 1.82) is 0 Å². The van der Waals surface area contributed by atoms with Crippen molar-refractivity contribution in [2.75, 3.05) is 11.6 Å². The average Bonchev–Trinajstić information content (AvgIpc) is 2.40. The summed E-state index contributed by atoms with van der Waals surface area (Å²) in [6.07, 6.45) is 2.68. The van der Waals surface area contributed by atoms with Gasteiger partial charge in [0.25, 0.3) is 0 Å². The van der Waals surface area contributed by atoms with Crippen molar-refractivity contribution in [2.24, 2.45) is 5.73 Å². The van der Waals surface area contributed by atoms with Crippen molar-refractivity contribution < 1.29 is 19.5 Å². The normalized spacial score (nSPS) is 13.3. The maximum absolute atomic E-state index is 11.7. The molecule has 0 rings (SSSR count). The standard InChI is InChI=1S/C13H25N3O4S/c1-9(14)12(19)16-10(2)13(20)15-8-21-7-5-3-4-6-11(17)18/h9-10H,3-8,14H2,1-2H3,(H,15,20)(H,16,19)(H,17,18)/t9-,10-/m0/s1. The number of hydrogen-bond donors (Lipinski definition) is 4. The molecule has 0 aromatic carbocycles. The van der Waals surface area contributed by atoms with Gasteiger partial charge in [-0.3, -0.25) is 14.4 Å². The Kier molecular flexibility index (Phi) is 10.7. The lowest BCUT2D eigenvalue weighted by Gasteiger charge is -2.15. The molecular formula is C13H25N3O4S. The van der Waals surface area contributed by atoms with Crippen molar-refractivity contribution in [2.45, 2.75) is 51.6 Å². The van der Waals surface area contributed by atoms with E-state index >= 15 is 0 Å². The Morgan fingerprint density at radius 1 is 1.14 bits per heavy atom. The van der Waals surface area contributed by atoms with E-state index in [0.29, 0.717) is 12.3 Å². The van der Waals surface area contributed by atoms with Gasteiger partial charge in [-0.25, -0.2) is 0 Å². The molecule has 2 amide bonds. The SMILES string of the molecule is C[C@H](N)C(=O)N[C@@H](C)C(=O)NCSCCCCCC(=O)O. The molecule has 0 heterocycles. The highest BCUT2D eigenvalue weighted by Crippen LogP contribution is 2.06. The number of amides is 2. The maximum atomic E-state index is 11.7. The lowest BCUT2D eigenvalue weighted by molar-refractivity contribution is -0.137. The van der Waals surface area contributed by atoms with E-state index in [1.165, 1.54) is 0 Å². The highest BCUT2D eigenvalue weighted by molar-refractivity contribution is 7.99. The molecule has 8 heteroatoms. The van der Waals surface area contributed by atoms with Crippen LogP contribution in [0.5, 0.6) is 0 Å². The molecule has 0 bridgehead atoms. The molecule has 0 spiro atoms. The van der Waals surface area contributed by atoms with Crippen LogP contribution >= 0.6 is 11.8 Å². The number of carboxylic acids is 1. The molecule has 0 saturated heterocycles. The van der Waals surface area contributed by atoms with E-state index in [0.717, 1.165) is 18.6 Å². The first-order valence-corrected chi connectivity index (χ1v) is 8.13. The van der Waals surface area contributed by atoms with Gasteiger partial charge in [-0.15, -0.1) is 11.8 Å². The number of carbonyl (C=O) groups excluding carboxylic acids is 2. The maximum Gasteiger partial charge on any atom is 0.303 e. The summed E-state index contributed by atoms with van der Waals surface area (Å²) in [5.41, 5.74) is 5.40. The van der Waals surface area contributed by atoms with E-state index in [4.69, 9.17) is 10.8 Å². The summed E-state index contributed by atoms with van der Waals surface area (Å²) in [6, 6.07) is -1.25. The van der Waals surface area contributed by atoms with Crippen LogP contribution in [0.25, 0.3) is 0 Å². The van der Waals surface area contributed by atoms with E-state index in [-0.39, 0.29) is 18.2 Å². The zero-order valence-electron chi connectivity index (χ0n) is 12.6. The zero-order chi connectivity index (χ0) is 16.3. The molecule has 122 valence electrons. The number of carbonyl (C=O) groups is 3. The second-order valence-corrected chi connectivity index (χ2v) is 5.92. The van der Waals surface area contributed by atoms with Gasteiger partial charge < -0.3 is 21.5 Å². The second-order valence-electron chi connectivity index (χ2n) is 4.82. The molecule has 0 aliphatic heterocycles. The monoisotopic (exact) mass is 319 g/mol. The van der Waals surface area contributed by atoms with Crippen molar-refractivity contribution >= 4 is 29.5 Å². The number of carboxylic acid groups (broad SMARTS) is 1. The van der Waals surface area contributed by atoms with Gasteiger partial charge in [0.2, 0.25) is 11.8 Å². The first-order valence-electron chi connectivity index (χ1n) is 6.97. The Morgan fingerprint density at radius 3 is 2.38 bits per heavy atom. The number of hydrogen-bond acceptors (Lipinski definition) is 5. The third-order valence-electron chi connectivity index (χ3n) is 2.69. The molecule has 7 nitrogen and oxygen atoms in total. The quantitative estimate of drug-likeness (QED) is 0.321. The average molecular weight is 319 g/mol. The molecule has 0 fully saturated rings. The van der Waals surface area contributed by atoms with Crippen molar-refractivity contribution in [3.8, 4) is 0 Å². The van der Waals surface area contributed by atoms with Gasteiger partial charge in [-0.2, -0.15) is 0 Å². The minimum absolute atomic E-state index is 0.207. The third-order valence-corrected chi connectivity index (χ3v) is 3.62. The lowest BCUT2D eigenvalue weighted by Crippen LogP contribution is -2.49. The fourth-order valence-electron chi connectivity index (χ4n) is 1.41. The number of rotatable bonds is 11. The molecule has 0 aliphatic carbocycles. The van der Waals surface area contributed by atoms with E-state index in [1.807, 2.05) is 0 Å². The first-order chi connectivity index (χ1) is 9.84. The van der Waals surface area contributed by atoms with Crippen LogP contribution < -0.4 is 16.4 Å². The molecule has 0 radical (unpaired) electrons. The van der Waals surface area contributed by atoms with Gasteiger partial charge >= 0.3 is 5.97 Å². The number of aliphatic carboxylic acids is 1. The summed E-state index contributed by atoms with van der Waals surface area (Å²) >= 11 is 1.57. The second kappa shape index (κ2) is 11.4. The van der Waals surface area contributed by atoms with Crippen LogP contribution in [0.15, 0.2) is 0 Å². The number of nitrogens with two attached hydrogens (primary N) is 1. The smallest absolute Gasteiger partial charge is 0.303 e. The van der Waals surface area contributed by atoms with Gasteiger partial charge in [-0.1, -0.05) is 6.42 Å². The topological polar surface area (TPSA) is 122 Å². The van der Waals surface area contributed by atoms with Crippen molar-refractivity contribution in [3.05, 3.63) is 0 Å². The van der Waals surface area contributed by atoms with Crippen LogP contribution in [-0.2, 0) is 14.4 Å². The largest absolute Gasteiger partial charge is 0.481 e. The Bertz CT molecular complexity index is 350. The Hall–Kier alpha value is -1.28. The fourth-order valence-corrected chi connectivity index (χ4v) is 2.21. The number of nitrogens with one attached hydrogen (secondary N) is 2. The van der Waals surface area contributed by atoms with Gasteiger partial charge in [0.05, 0.1) is 11.9 Å². The van der Waals surface area contributed by atoms with E-state index < -0.39 is 18.1 Å². The molecular weight excluding hydrogens is 294 g/mol. The molecule has 0 aromatic heterocycles. The van der Waals surface area contributed by atoms with Crippen LogP contribution in [0.4, 0.5) is 0 Å². The van der Waals surface area contributed by atoms with Gasteiger partial charge in [0.15, 0.2) is 0 Å². The van der Waals surface area contributed by atoms with Crippen molar-refractivity contribution in [3.63, 3.8) is 0 Å². The van der Waals surface area contributed by atoms with E-state index in [1.54, 1.807) is 25.6 Å². The Labute approximate surface area is 129 Å². The van der Waals surface area contributed by atoms with Crippen LogP contribution in [-0.4, -0.2) is 46.6 Å². The van der Waals surface area contributed by atoms with Crippen LogP contribution in [0, 0.1) is 0 Å². The summed E-state index contributed by atoms with van der Waals surface area (Å²) in [5.74, 6) is -0.0414. The van der Waals surface area contributed by atoms with Crippen LogP contribution in [0.1, 0.15) is 39.5 Å². The number of thioether (sulfide) groups is 1. The molecule has 0 saturated carbocycles.